The number of aromatic nitrogens is 4. The van der Waals surface area contributed by atoms with E-state index in [1.54, 1.807) is 28.8 Å². The molecular formula is C30H28N6O5. The zero-order chi connectivity index (χ0) is 28.6. The molecule has 0 aliphatic heterocycles. The molecule has 1 atom stereocenters. The molecule has 208 valence electrons. The average molecular weight is 553 g/mol. The van der Waals surface area contributed by atoms with E-state index in [-0.39, 0.29) is 30.5 Å². The fraction of sp³-hybridized carbons (Fsp3) is 0.167. The number of imidazole rings is 1. The van der Waals surface area contributed by atoms with Crippen LogP contribution in [0.3, 0.4) is 0 Å². The number of nitrogens with zero attached hydrogens (tertiary/aromatic N) is 5. The number of aliphatic hydroxyl groups excluding tert-OH is 1. The van der Waals surface area contributed by atoms with Crippen molar-refractivity contribution in [2.45, 2.75) is 26.2 Å². The standard InChI is InChI=1S/C30H28N6O5/c1-21(38)32-29-33-27-26(31-20-35(27)17-25(18-37)40-19-22-11-5-2-6-12-22)28(34-29)41-30(39)36(23-13-7-3-8-14-23)24-15-9-4-10-16-24/h2-16,20,25,37H,17-19H2,1H3,(H,32,33,34,38)/t25-/m0/s1. The van der Waals surface area contributed by atoms with Gasteiger partial charge >= 0.3 is 6.09 Å². The molecule has 5 aromatic rings. The third-order valence-corrected chi connectivity index (χ3v) is 6.05. The fourth-order valence-corrected chi connectivity index (χ4v) is 4.15. The molecule has 41 heavy (non-hydrogen) atoms. The number of nitrogens with one attached hydrogen (secondary N) is 1. The van der Waals surface area contributed by atoms with Crippen LogP contribution in [-0.2, 0) is 22.7 Å². The number of hydrogen-bond acceptors (Lipinski definition) is 8. The van der Waals surface area contributed by atoms with E-state index in [0.717, 1.165) is 5.56 Å². The minimum Gasteiger partial charge on any atom is -0.394 e. The Labute approximate surface area is 236 Å². The summed E-state index contributed by atoms with van der Waals surface area (Å²) < 4.78 is 13.4. The first-order valence-electron chi connectivity index (χ1n) is 12.9. The molecule has 0 aliphatic carbocycles. The Morgan fingerprint density at radius 1 is 0.927 bits per heavy atom. The highest BCUT2D eigenvalue weighted by Crippen LogP contribution is 2.29. The Morgan fingerprint density at radius 2 is 1.54 bits per heavy atom. The summed E-state index contributed by atoms with van der Waals surface area (Å²) in [7, 11) is 0. The predicted molar refractivity (Wildman–Crippen MR) is 153 cm³/mol. The Morgan fingerprint density at radius 3 is 2.12 bits per heavy atom. The topological polar surface area (TPSA) is 132 Å². The minimum absolute atomic E-state index is 0.0636. The first-order valence-corrected chi connectivity index (χ1v) is 12.9. The van der Waals surface area contributed by atoms with Crippen LogP contribution in [0, 0.1) is 0 Å². The second-order valence-electron chi connectivity index (χ2n) is 9.08. The van der Waals surface area contributed by atoms with Crippen molar-refractivity contribution in [1.29, 1.82) is 0 Å². The molecule has 5 rings (SSSR count). The highest BCUT2D eigenvalue weighted by atomic mass is 16.6. The lowest BCUT2D eigenvalue weighted by atomic mass is 10.2. The van der Waals surface area contributed by atoms with E-state index in [2.05, 4.69) is 20.3 Å². The first-order chi connectivity index (χ1) is 20.0. The number of rotatable bonds is 10. The maximum Gasteiger partial charge on any atom is 0.425 e. The van der Waals surface area contributed by atoms with Crippen molar-refractivity contribution in [1.82, 2.24) is 19.5 Å². The molecule has 0 saturated carbocycles. The number of carbonyl (C=O) groups is 2. The molecule has 11 nitrogen and oxygen atoms in total. The molecule has 0 fully saturated rings. The molecule has 2 heterocycles. The summed E-state index contributed by atoms with van der Waals surface area (Å²) in [6.07, 6.45) is 0.184. The largest absolute Gasteiger partial charge is 0.425 e. The van der Waals surface area contributed by atoms with Gasteiger partial charge in [0.05, 0.1) is 43.6 Å². The SMILES string of the molecule is CC(=O)Nc1nc(OC(=O)N(c2ccccc2)c2ccccc2)c2ncn(C[C@@H](CO)OCc3ccccc3)c2n1. The van der Waals surface area contributed by atoms with E-state index in [9.17, 15) is 14.7 Å². The Bertz CT molecular complexity index is 1570. The van der Waals surface area contributed by atoms with Crippen molar-refractivity contribution < 1.29 is 24.2 Å². The first kappa shape index (κ1) is 27.4. The van der Waals surface area contributed by atoms with Gasteiger partial charge in [0.1, 0.15) is 0 Å². The molecule has 0 unspecified atom stereocenters. The van der Waals surface area contributed by atoms with Crippen LogP contribution in [-0.4, -0.2) is 49.3 Å². The lowest BCUT2D eigenvalue weighted by Gasteiger charge is -2.22. The van der Waals surface area contributed by atoms with Gasteiger partial charge in [0, 0.05) is 6.92 Å². The maximum atomic E-state index is 13.6. The van der Waals surface area contributed by atoms with Crippen LogP contribution in [0.1, 0.15) is 12.5 Å². The van der Waals surface area contributed by atoms with E-state index in [0.29, 0.717) is 23.6 Å². The van der Waals surface area contributed by atoms with Crippen molar-refractivity contribution in [2.24, 2.45) is 0 Å². The number of benzene rings is 3. The molecule has 0 aliphatic rings. The number of fused-ring (bicyclic) bond motifs is 1. The number of ether oxygens (including phenoxy) is 2. The van der Waals surface area contributed by atoms with Gasteiger partial charge in [0.2, 0.25) is 11.9 Å². The Kier molecular flexibility index (Phi) is 8.58. The summed E-state index contributed by atoms with van der Waals surface area (Å²) in [5.74, 6) is -0.598. The van der Waals surface area contributed by atoms with Crippen molar-refractivity contribution in [3.8, 4) is 5.88 Å². The van der Waals surface area contributed by atoms with Gasteiger partial charge in [-0.25, -0.2) is 14.7 Å². The molecule has 0 spiro atoms. The number of hydrogen-bond donors (Lipinski definition) is 2. The van der Waals surface area contributed by atoms with Crippen LogP contribution in [0.5, 0.6) is 5.88 Å². The monoisotopic (exact) mass is 552 g/mol. The molecule has 2 amide bonds. The van der Waals surface area contributed by atoms with Crippen molar-refractivity contribution in [2.75, 3.05) is 16.8 Å². The number of anilines is 3. The molecule has 0 bridgehead atoms. The molecule has 11 heteroatoms. The highest BCUT2D eigenvalue weighted by Gasteiger charge is 2.25. The van der Waals surface area contributed by atoms with E-state index >= 15 is 0 Å². The smallest absolute Gasteiger partial charge is 0.394 e. The zero-order valence-electron chi connectivity index (χ0n) is 22.3. The summed E-state index contributed by atoms with van der Waals surface area (Å²) >= 11 is 0. The van der Waals surface area contributed by atoms with Crippen LogP contribution >= 0.6 is 0 Å². The summed E-state index contributed by atoms with van der Waals surface area (Å²) in [5, 5.41) is 12.5. The lowest BCUT2D eigenvalue weighted by molar-refractivity contribution is -0.114. The quantitative estimate of drug-likeness (QED) is 0.255. The summed E-state index contributed by atoms with van der Waals surface area (Å²) in [5.41, 5.74) is 2.63. The number of aliphatic hydroxyl groups is 1. The third kappa shape index (κ3) is 6.72. The second kappa shape index (κ2) is 12.8. The van der Waals surface area contributed by atoms with Crippen LogP contribution < -0.4 is 15.0 Å². The molecule has 2 aromatic heterocycles. The summed E-state index contributed by atoms with van der Waals surface area (Å²) in [4.78, 5) is 40.0. The van der Waals surface area contributed by atoms with Crippen molar-refractivity contribution >= 4 is 40.5 Å². The number of amides is 2. The van der Waals surface area contributed by atoms with E-state index in [1.165, 1.54) is 18.2 Å². The second-order valence-corrected chi connectivity index (χ2v) is 9.08. The van der Waals surface area contributed by atoms with Gasteiger partial charge in [-0.2, -0.15) is 9.97 Å². The van der Waals surface area contributed by atoms with Gasteiger partial charge < -0.3 is 19.1 Å². The van der Waals surface area contributed by atoms with Crippen LogP contribution in [0.2, 0.25) is 0 Å². The number of carbonyl (C=O) groups excluding carboxylic acids is 2. The van der Waals surface area contributed by atoms with Gasteiger partial charge in [-0.15, -0.1) is 0 Å². The maximum absolute atomic E-state index is 13.6. The lowest BCUT2D eigenvalue weighted by Crippen LogP contribution is -2.29. The van der Waals surface area contributed by atoms with Crippen molar-refractivity contribution in [3.63, 3.8) is 0 Å². The van der Waals surface area contributed by atoms with Gasteiger partial charge in [-0.1, -0.05) is 66.7 Å². The van der Waals surface area contributed by atoms with Crippen molar-refractivity contribution in [3.05, 3.63) is 103 Å². The van der Waals surface area contributed by atoms with Crippen LogP contribution in [0.25, 0.3) is 11.2 Å². The molecule has 0 saturated heterocycles. The predicted octanol–water partition coefficient (Wildman–Crippen LogP) is 4.70. The summed E-state index contributed by atoms with van der Waals surface area (Å²) in [6, 6.07) is 27.7. The van der Waals surface area contributed by atoms with Gasteiger partial charge in [0.25, 0.3) is 5.88 Å². The fourth-order valence-electron chi connectivity index (χ4n) is 4.15. The zero-order valence-corrected chi connectivity index (χ0v) is 22.3. The number of para-hydroxylation sites is 2. The van der Waals surface area contributed by atoms with E-state index in [4.69, 9.17) is 9.47 Å². The van der Waals surface area contributed by atoms with Gasteiger partial charge in [-0.05, 0) is 29.8 Å². The summed E-state index contributed by atoms with van der Waals surface area (Å²) in [6.45, 7) is 1.58. The van der Waals surface area contributed by atoms with Crippen LogP contribution in [0.4, 0.5) is 22.1 Å². The van der Waals surface area contributed by atoms with E-state index < -0.39 is 18.1 Å². The normalized spacial score (nSPS) is 11.7. The Balaban J connectivity index is 1.46. The van der Waals surface area contributed by atoms with Crippen LogP contribution in [0.15, 0.2) is 97.3 Å². The van der Waals surface area contributed by atoms with Gasteiger partial charge in [-0.3, -0.25) is 10.1 Å². The highest BCUT2D eigenvalue weighted by molar-refractivity contribution is 5.98. The Hall–Kier alpha value is -5.13. The molecule has 2 N–H and O–H groups in total. The van der Waals surface area contributed by atoms with Gasteiger partial charge in [0.15, 0.2) is 11.2 Å². The van der Waals surface area contributed by atoms with E-state index in [1.807, 2.05) is 66.7 Å². The minimum atomic E-state index is -0.731. The average Bonchev–Trinajstić information content (AvgIpc) is 3.39. The molecular weight excluding hydrogens is 524 g/mol. The molecule has 3 aromatic carbocycles. The molecule has 0 radical (unpaired) electrons. The third-order valence-electron chi connectivity index (χ3n) is 6.05.